The van der Waals surface area contributed by atoms with Crippen LogP contribution in [0, 0.1) is 5.41 Å². The van der Waals surface area contributed by atoms with Crippen LogP contribution in [0.15, 0.2) is 15.6 Å². The van der Waals surface area contributed by atoms with Gasteiger partial charge in [-0.15, -0.1) is 0 Å². The average molecular weight is 618 g/mol. The minimum absolute atomic E-state index is 0.104. The molecule has 1 saturated heterocycles. The number of hydrogen-bond donors (Lipinski definition) is 1. The quantitative estimate of drug-likeness (QED) is 0.224. The van der Waals surface area contributed by atoms with Crippen LogP contribution in [0.1, 0.15) is 130 Å². The van der Waals surface area contributed by atoms with Crippen molar-refractivity contribution in [2.45, 2.75) is 131 Å². The van der Waals surface area contributed by atoms with E-state index in [0.717, 1.165) is 78.0 Å². The first-order valence-corrected chi connectivity index (χ1v) is 16.5. The Morgan fingerprint density at radius 1 is 1.15 bits per heavy atom. The predicted octanol–water partition coefficient (Wildman–Crippen LogP) is 8.77. The fourth-order valence-corrected chi connectivity index (χ4v) is 6.18. The van der Waals surface area contributed by atoms with Gasteiger partial charge in [0, 0.05) is 34.6 Å². The van der Waals surface area contributed by atoms with Gasteiger partial charge in [0.2, 0.25) is 0 Å². The van der Waals surface area contributed by atoms with Crippen LogP contribution in [0.5, 0.6) is 6.01 Å². The molecule has 0 aromatic carbocycles. The third-order valence-corrected chi connectivity index (χ3v) is 9.18. The number of fused-ring (bicyclic) bond motifs is 1. The number of aliphatic hydroxyl groups is 1. The maximum absolute atomic E-state index is 10.8. The van der Waals surface area contributed by atoms with Gasteiger partial charge >= 0.3 is 6.01 Å². The van der Waals surface area contributed by atoms with E-state index in [1.807, 2.05) is 6.92 Å². The second-order valence-electron chi connectivity index (χ2n) is 12.5. The summed E-state index contributed by atoms with van der Waals surface area (Å²) in [6, 6.07) is 0.651. The first-order valence-electron chi connectivity index (χ1n) is 15.7. The molecule has 1 aromatic heterocycles. The highest BCUT2D eigenvalue weighted by atomic mass is 79.9. The molecule has 3 atom stereocenters. The lowest BCUT2D eigenvalue weighted by atomic mass is 9.81. The van der Waals surface area contributed by atoms with Crippen molar-refractivity contribution in [1.29, 1.82) is 0 Å². The lowest BCUT2D eigenvalue weighted by Crippen LogP contribution is -2.31. The number of hydrogen-bond acceptors (Lipinski definition) is 6. The molecule has 1 fully saturated rings. The molecule has 3 rings (SSSR count). The minimum Gasteiger partial charge on any atom is -0.463 e. The van der Waals surface area contributed by atoms with E-state index in [1.54, 1.807) is 0 Å². The average Bonchev–Trinajstić information content (AvgIpc) is 3.11. The Bertz CT molecular complexity index is 1080. The zero-order valence-electron chi connectivity index (χ0n) is 26.2. The van der Waals surface area contributed by atoms with Gasteiger partial charge in [-0.05, 0) is 81.3 Å². The fourth-order valence-electron chi connectivity index (χ4n) is 5.65. The number of unbranched alkanes of at least 4 members (excludes halogenated alkanes) is 3. The second-order valence-corrected chi connectivity index (χ2v) is 13.4. The highest BCUT2D eigenvalue weighted by Crippen LogP contribution is 2.41. The molecular formula is C33H53BrN4O2. The van der Waals surface area contributed by atoms with Gasteiger partial charge in [0.05, 0.1) is 29.2 Å². The van der Waals surface area contributed by atoms with Crippen molar-refractivity contribution < 1.29 is 9.84 Å². The number of anilines is 1. The van der Waals surface area contributed by atoms with Crippen molar-refractivity contribution in [2.24, 2.45) is 10.4 Å². The molecule has 40 heavy (non-hydrogen) atoms. The molecule has 1 N–H and O–H groups in total. The van der Waals surface area contributed by atoms with Crippen molar-refractivity contribution >= 4 is 39.1 Å². The van der Waals surface area contributed by atoms with Crippen molar-refractivity contribution in [1.82, 2.24) is 9.97 Å². The SMILES string of the molecule is C/C=C1\C(=NC(C)CC)C(Br)=Cc2nc(OCC(C)(CCCC)CCCCC)nc(N3CCCC(C)(O)CC3)c21. The Morgan fingerprint density at radius 3 is 2.55 bits per heavy atom. The van der Waals surface area contributed by atoms with Crippen LogP contribution >= 0.6 is 15.9 Å². The van der Waals surface area contributed by atoms with Crippen LogP contribution in [0.2, 0.25) is 0 Å². The van der Waals surface area contributed by atoms with Crippen LogP contribution in [0.4, 0.5) is 5.82 Å². The molecule has 0 spiro atoms. The van der Waals surface area contributed by atoms with Crippen LogP contribution in [0.3, 0.4) is 0 Å². The number of ether oxygens (including phenoxy) is 1. The summed E-state index contributed by atoms with van der Waals surface area (Å²) < 4.78 is 7.43. The summed E-state index contributed by atoms with van der Waals surface area (Å²) in [4.78, 5) is 17.5. The molecule has 7 heteroatoms. The summed E-state index contributed by atoms with van der Waals surface area (Å²) >= 11 is 3.81. The van der Waals surface area contributed by atoms with E-state index in [9.17, 15) is 5.11 Å². The number of halogens is 1. The summed E-state index contributed by atoms with van der Waals surface area (Å²) in [5.41, 5.74) is 3.32. The van der Waals surface area contributed by atoms with Crippen molar-refractivity contribution in [3.63, 3.8) is 0 Å². The monoisotopic (exact) mass is 616 g/mol. The Labute approximate surface area is 251 Å². The zero-order chi connectivity index (χ0) is 29.3. The second kappa shape index (κ2) is 14.9. The lowest BCUT2D eigenvalue weighted by molar-refractivity contribution is 0.0481. The summed E-state index contributed by atoms with van der Waals surface area (Å²) in [6.07, 6.45) is 16.0. The number of allylic oxidation sites excluding steroid dienone is 3. The highest BCUT2D eigenvalue weighted by Gasteiger charge is 2.33. The fraction of sp³-hybridized carbons (Fsp3) is 0.727. The molecule has 0 amide bonds. The third kappa shape index (κ3) is 8.64. The van der Waals surface area contributed by atoms with Crippen molar-refractivity contribution in [3.05, 3.63) is 21.8 Å². The standard InChI is InChI=1S/C33H53BrN4O2/c1-8-12-14-17-32(6,16-13-9-2)23-40-31-36-27-22-26(34)29(35-24(5)10-3)25(11-4)28(27)30(37-31)38-20-15-18-33(7,39)19-21-38/h11,22,24,39H,8-10,12-21,23H2,1-7H3/b25-11-,35-29?. The number of nitrogens with zero attached hydrogens (tertiary/aromatic N) is 4. The maximum Gasteiger partial charge on any atom is 0.318 e. The van der Waals surface area contributed by atoms with E-state index in [2.05, 4.69) is 74.5 Å². The molecule has 0 radical (unpaired) electrons. The van der Waals surface area contributed by atoms with Gasteiger partial charge in [-0.1, -0.05) is 65.9 Å². The Kier molecular flexibility index (Phi) is 12.3. The molecule has 0 saturated carbocycles. The van der Waals surface area contributed by atoms with Crippen molar-refractivity contribution in [3.8, 4) is 6.01 Å². The van der Waals surface area contributed by atoms with E-state index >= 15 is 0 Å². The number of aromatic nitrogens is 2. The molecule has 3 unspecified atom stereocenters. The van der Waals surface area contributed by atoms with Gasteiger partial charge in [-0.3, -0.25) is 4.99 Å². The van der Waals surface area contributed by atoms with Gasteiger partial charge < -0.3 is 14.7 Å². The van der Waals surface area contributed by atoms with Crippen LogP contribution < -0.4 is 9.64 Å². The molecule has 1 aliphatic heterocycles. The Morgan fingerprint density at radius 2 is 1.88 bits per heavy atom. The van der Waals surface area contributed by atoms with E-state index in [1.165, 1.54) is 32.1 Å². The predicted molar refractivity (Wildman–Crippen MR) is 174 cm³/mol. The highest BCUT2D eigenvalue weighted by molar-refractivity contribution is 9.12. The lowest BCUT2D eigenvalue weighted by Gasteiger charge is -2.31. The number of rotatable bonds is 13. The van der Waals surface area contributed by atoms with E-state index < -0.39 is 5.60 Å². The van der Waals surface area contributed by atoms with Gasteiger partial charge in [0.1, 0.15) is 5.82 Å². The summed E-state index contributed by atoms with van der Waals surface area (Å²) in [7, 11) is 0. The Balaban J connectivity index is 2.05. The third-order valence-electron chi connectivity index (χ3n) is 8.57. The smallest absolute Gasteiger partial charge is 0.318 e. The topological polar surface area (TPSA) is 70.8 Å². The van der Waals surface area contributed by atoms with E-state index in [0.29, 0.717) is 19.0 Å². The summed E-state index contributed by atoms with van der Waals surface area (Å²) in [5.74, 6) is 0.889. The van der Waals surface area contributed by atoms with Crippen molar-refractivity contribution in [2.75, 3.05) is 24.6 Å². The molecule has 1 aromatic rings. The molecule has 2 heterocycles. The number of aliphatic imine (C=N–C) groups is 1. The summed E-state index contributed by atoms with van der Waals surface area (Å²) in [5, 5.41) is 10.8. The van der Waals surface area contributed by atoms with Crippen LogP contribution in [0.25, 0.3) is 11.6 Å². The van der Waals surface area contributed by atoms with Gasteiger partial charge in [-0.2, -0.15) is 9.97 Å². The maximum atomic E-state index is 10.8. The van der Waals surface area contributed by atoms with Gasteiger partial charge in [0.15, 0.2) is 0 Å². The van der Waals surface area contributed by atoms with Gasteiger partial charge in [0.25, 0.3) is 0 Å². The van der Waals surface area contributed by atoms with E-state index in [4.69, 9.17) is 19.7 Å². The zero-order valence-corrected chi connectivity index (χ0v) is 27.7. The molecule has 0 bridgehead atoms. The normalized spacial score (nSPS) is 23.9. The van der Waals surface area contributed by atoms with E-state index in [-0.39, 0.29) is 11.5 Å². The molecule has 6 nitrogen and oxygen atoms in total. The molecule has 1 aliphatic carbocycles. The molecule has 224 valence electrons. The largest absolute Gasteiger partial charge is 0.463 e. The van der Waals surface area contributed by atoms with Crippen LogP contribution in [-0.2, 0) is 0 Å². The minimum atomic E-state index is -0.656. The Hall–Kier alpha value is -1.73. The van der Waals surface area contributed by atoms with Crippen LogP contribution in [-0.4, -0.2) is 52.1 Å². The first kappa shape index (κ1) is 32.8. The summed E-state index contributed by atoms with van der Waals surface area (Å²) in [6.45, 7) is 17.4. The molecule has 2 aliphatic rings. The first-order chi connectivity index (χ1) is 19.1. The molecular weight excluding hydrogens is 564 g/mol. The van der Waals surface area contributed by atoms with Gasteiger partial charge in [-0.25, -0.2) is 0 Å².